The molecule has 8 heteroatoms. The Bertz CT molecular complexity index is 5070. The van der Waals surface area contributed by atoms with Crippen LogP contribution in [0.3, 0.4) is 0 Å². The number of aromatic nitrogens is 1. The van der Waals surface area contributed by atoms with Crippen LogP contribution in [-0.2, 0) is 0 Å². The molecule has 92 heavy (non-hydrogen) atoms. The van der Waals surface area contributed by atoms with Gasteiger partial charge in [0.15, 0.2) is 0 Å². The highest BCUT2D eigenvalue weighted by molar-refractivity contribution is 7.00. The smallest absolute Gasteiger partial charge is 0.252 e. The first kappa shape index (κ1) is 54.4. The number of anilines is 6. The zero-order valence-electron chi connectivity index (χ0n) is 49.5. The fourth-order valence-corrected chi connectivity index (χ4v) is 14.3. The van der Waals surface area contributed by atoms with Crippen molar-refractivity contribution in [2.75, 3.05) is 9.80 Å². The third-order valence-corrected chi connectivity index (χ3v) is 18.3. The normalized spacial score (nSPS) is 12.3. The van der Waals surface area contributed by atoms with Crippen molar-refractivity contribution in [2.24, 2.45) is 0 Å². The van der Waals surface area contributed by atoms with Crippen LogP contribution in [0.15, 0.2) is 315 Å². The maximum absolute atomic E-state index is 15.4. The summed E-state index contributed by atoms with van der Waals surface area (Å²) in [5.74, 6) is -2.97. The fraction of sp³-hybridized carbons (Fsp3) is 0. The number of para-hydroxylation sites is 3. The van der Waals surface area contributed by atoms with Gasteiger partial charge in [0, 0.05) is 62.6 Å². The maximum atomic E-state index is 15.4. The van der Waals surface area contributed by atoms with Gasteiger partial charge < -0.3 is 14.4 Å². The lowest BCUT2D eigenvalue weighted by atomic mass is 9.33. The minimum Gasteiger partial charge on any atom is -0.311 e. The largest absolute Gasteiger partial charge is 0.311 e. The lowest BCUT2D eigenvalue weighted by Gasteiger charge is -2.44. The van der Waals surface area contributed by atoms with Gasteiger partial charge in [-0.3, -0.25) is 0 Å². The molecule has 0 saturated carbocycles. The molecule has 0 unspecified atom stereocenters. The van der Waals surface area contributed by atoms with Gasteiger partial charge in [-0.25, -0.2) is 17.6 Å². The molecule has 0 N–H and O–H groups in total. The van der Waals surface area contributed by atoms with Crippen LogP contribution in [0.25, 0.3) is 105 Å². The summed E-state index contributed by atoms with van der Waals surface area (Å²) in [6.45, 7) is -0.154. The maximum Gasteiger partial charge on any atom is 0.252 e. The van der Waals surface area contributed by atoms with E-state index in [2.05, 4.69) is 263 Å². The molecule has 17 rings (SSSR count). The summed E-state index contributed by atoms with van der Waals surface area (Å²) < 4.78 is 62.6. The number of halogens is 4. The quantitative estimate of drug-likeness (QED) is 0.0999. The molecular formula is C84H52BF4N3. The summed E-state index contributed by atoms with van der Waals surface area (Å²) in [5, 5.41) is 1.91. The van der Waals surface area contributed by atoms with Crippen LogP contribution in [-0.4, -0.2) is 11.3 Å². The van der Waals surface area contributed by atoms with Gasteiger partial charge in [0.1, 0.15) is 23.3 Å². The van der Waals surface area contributed by atoms with Crippen molar-refractivity contribution in [1.82, 2.24) is 4.57 Å². The average Bonchev–Trinajstić information content (AvgIpc) is 0.790. The van der Waals surface area contributed by atoms with E-state index in [1.54, 1.807) is 12.1 Å². The Balaban J connectivity index is 0.941. The lowest BCUT2D eigenvalue weighted by Crippen LogP contribution is -2.61. The molecule has 0 fully saturated rings. The Morgan fingerprint density at radius 1 is 0.228 bits per heavy atom. The second-order valence-electron chi connectivity index (χ2n) is 23.8. The number of benzene rings is 14. The predicted molar refractivity (Wildman–Crippen MR) is 373 cm³/mol. The van der Waals surface area contributed by atoms with E-state index >= 15 is 8.78 Å². The summed E-state index contributed by atoms with van der Waals surface area (Å²) in [4.78, 5) is 4.97. The van der Waals surface area contributed by atoms with Crippen molar-refractivity contribution in [3.05, 3.63) is 339 Å². The monoisotopic (exact) mass is 1190 g/mol. The fourth-order valence-electron chi connectivity index (χ4n) is 14.3. The van der Waals surface area contributed by atoms with Crippen LogP contribution < -0.4 is 26.2 Å². The van der Waals surface area contributed by atoms with E-state index in [9.17, 15) is 8.78 Å². The number of rotatable bonds is 10. The van der Waals surface area contributed by atoms with Crippen LogP contribution >= 0.6 is 0 Å². The SMILES string of the molecule is Fc1cc(F)cc(-c2ccc(-n3c4ccccc4c4cc(-c5cc6c7c(c5)N(c5cc(-c8ccccc8)cc(-c8ccccc8)c5)c5ccccc5B7c5ccccc5N6c5cc(-c6ccccc6)cc(-c6ccccc6)c5)ccc43)c(-c3cc(F)cc(F)c3)c2)c1. The molecule has 15 aromatic rings. The number of hydrogen-bond acceptors (Lipinski definition) is 2. The molecule has 14 aromatic carbocycles. The average molecular weight is 1190 g/mol. The Hall–Kier alpha value is -11.7. The Kier molecular flexibility index (Phi) is 13.1. The van der Waals surface area contributed by atoms with Gasteiger partial charge in [-0.2, -0.15) is 0 Å². The van der Waals surface area contributed by atoms with E-state index in [4.69, 9.17) is 0 Å². The van der Waals surface area contributed by atoms with Gasteiger partial charge in [0.25, 0.3) is 6.71 Å². The first-order chi connectivity index (χ1) is 45.2. The van der Waals surface area contributed by atoms with E-state index in [-0.39, 0.29) is 12.3 Å². The summed E-state index contributed by atoms with van der Waals surface area (Å²) >= 11 is 0. The molecule has 0 amide bonds. The minimum atomic E-state index is -0.749. The Morgan fingerprint density at radius 3 is 1.10 bits per heavy atom. The molecule has 2 aliphatic rings. The lowest BCUT2D eigenvalue weighted by molar-refractivity contribution is 0.583. The molecular weight excluding hydrogens is 1140 g/mol. The second-order valence-corrected chi connectivity index (χ2v) is 23.8. The van der Waals surface area contributed by atoms with Crippen molar-refractivity contribution in [2.45, 2.75) is 0 Å². The molecule has 3 heterocycles. The van der Waals surface area contributed by atoms with E-state index in [0.717, 1.165) is 124 Å². The highest BCUT2D eigenvalue weighted by atomic mass is 19.1. The van der Waals surface area contributed by atoms with Crippen LogP contribution in [0, 0.1) is 23.3 Å². The van der Waals surface area contributed by atoms with Gasteiger partial charge >= 0.3 is 0 Å². The van der Waals surface area contributed by atoms with Crippen molar-refractivity contribution in [3.63, 3.8) is 0 Å². The molecule has 0 radical (unpaired) electrons. The number of hydrogen-bond donors (Lipinski definition) is 0. The van der Waals surface area contributed by atoms with Crippen molar-refractivity contribution in [3.8, 4) is 83.6 Å². The first-order valence-electron chi connectivity index (χ1n) is 30.8. The van der Waals surface area contributed by atoms with Crippen molar-refractivity contribution < 1.29 is 17.6 Å². The van der Waals surface area contributed by atoms with Gasteiger partial charge in [0.2, 0.25) is 0 Å². The predicted octanol–water partition coefficient (Wildman–Crippen LogP) is 21.1. The molecule has 0 aliphatic carbocycles. The summed E-state index contributed by atoms with van der Waals surface area (Å²) in [5.41, 5.74) is 24.4. The van der Waals surface area contributed by atoms with Crippen LogP contribution in [0.1, 0.15) is 0 Å². The third-order valence-electron chi connectivity index (χ3n) is 18.3. The molecule has 0 atom stereocenters. The van der Waals surface area contributed by atoms with Crippen molar-refractivity contribution >= 4 is 79.0 Å². The molecule has 0 bridgehead atoms. The zero-order chi connectivity index (χ0) is 61.6. The molecule has 0 spiro atoms. The summed E-state index contributed by atoms with van der Waals surface area (Å²) in [6, 6.07) is 106. The van der Waals surface area contributed by atoms with Crippen LogP contribution in [0.2, 0.25) is 0 Å². The number of nitrogens with zero attached hydrogens (tertiary/aromatic N) is 3. The topological polar surface area (TPSA) is 11.4 Å². The van der Waals surface area contributed by atoms with Crippen LogP contribution in [0.4, 0.5) is 51.7 Å². The zero-order valence-corrected chi connectivity index (χ0v) is 49.5. The Labute approximate surface area is 530 Å². The summed E-state index contributed by atoms with van der Waals surface area (Å²) in [7, 11) is 0. The van der Waals surface area contributed by atoms with Gasteiger partial charge in [-0.15, -0.1) is 0 Å². The molecule has 434 valence electrons. The van der Waals surface area contributed by atoms with Gasteiger partial charge in [0.05, 0.1) is 16.7 Å². The molecule has 1 aromatic heterocycles. The Morgan fingerprint density at radius 2 is 0.609 bits per heavy atom. The minimum absolute atomic E-state index is 0.154. The molecule has 0 saturated heterocycles. The van der Waals surface area contributed by atoms with E-state index in [1.807, 2.05) is 18.2 Å². The second kappa shape index (κ2) is 22.1. The van der Waals surface area contributed by atoms with Crippen LogP contribution in [0.5, 0.6) is 0 Å². The van der Waals surface area contributed by atoms with E-state index in [1.165, 1.54) is 40.7 Å². The van der Waals surface area contributed by atoms with Gasteiger partial charge in [-0.1, -0.05) is 188 Å². The van der Waals surface area contributed by atoms with Crippen molar-refractivity contribution in [1.29, 1.82) is 0 Å². The van der Waals surface area contributed by atoms with E-state index in [0.29, 0.717) is 22.4 Å². The molecule has 3 nitrogen and oxygen atoms in total. The summed E-state index contributed by atoms with van der Waals surface area (Å²) in [6.07, 6.45) is 0. The standard InChI is InChI=1S/C84H52BF4N3/c86-66-39-63(40-67(87)51-66)57-33-35-78(73(47-57)65-41-68(88)52-69(89)42-65)92-77-30-16-13-27-72(77)74-48-58(34-36-79(74)92)64-49-82-84-83(50-64)91(71-45-61(55-23-9-3-10-24-55)38-62(46-71)56-25-11-4-12-26-56)81-32-18-15-29-76(81)85(84)75-28-14-17-31-80(75)90(82)70-43-59(53-19-5-1-6-20-53)37-60(44-70)54-21-7-2-8-22-54/h1-52H. The van der Waals surface area contributed by atoms with Gasteiger partial charge in [-0.05, 0) is 204 Å². The number of fused-ring (bicyclic) bond motifs is 7. The highest BCUT2D eigenvalue weighted by Gasteiger charge is 2.44. The molecule has 2 aliphatic heterocycles. The highest BCUT2D eigenvalue weighted by Crippen LogP contribution is 2.50. The first-order valence-corrected chi connectivity index (χ1v) is 30.8. The third kappa shape index (κ3) is 9.37. The van der Waals surface area contributed by atoms with E-state index < -0.39 is 23.3 Å².